The van der Waals surface area contributed by atoms with E-state index in [1.54, 1.807) is 52.4 Å². The van der Waals surface area contributed by atoms with Gasteiger partial charge in [-0.25, -0.2) is 9.37 Å². The second kappa shape index (κ2) is 9.41. The van der Waals surface area contributed by atoms with Gasteiger partial charge >= 0.3 is 0 Å². The molecule has 3 aromatic rings. The Morgan fingerprint density at radius 2 is 1.97 bits per heavy atom. The van der Waals surface area contributed by atoms with Crippen molar-refractivity contribution in [2.45, 2.75) is 38.4 Å². The van der Waals surface area contributed by atoms with Crippen LogP contribution in [0.25, 0.3) is 0 Å². The molecule has 1 aromatic heterocycles. The van der Waals surface area contributed by atoms with Crippen LogP contribution in [0.3, 0.4) is 0 Å². The van der Waals surface area contributed by atoms with Crippen LogP contribution in [-0.2, 0) is 16.1 Å². The highest BCUT2D eigenvalue weighted by atomic mass is 19.1. The van der Waals surface area contributed by atoms with E-state index in [4.69, 9.17) is 4.74 Å². The SMILES string of the molecule is CC12CCC(=O)N1c1ccccc1C(=O)N2CCC(=O)NCc1cccnc1Oc1cccc(F)c1. The fraction of sp³-hybridized carbons (Fsp3) is 0.259. The average Bonchev–Trinajstić information content (AvgIpc) is 3.18. The molecule has 36 heavy (non-hydrogen) atoms. The van der Waals surface area contributed by atoms with E-state index in [2.05, 4.69) is 10.3 Å². The van der Waals surface area contributed by atoms with E-state index in [0.29, 0.717) is 35.4 Å². The highest BCUT2D eigenvalue weighted by molar-refractivity contribution is 6.10. The minimum Gasteiger partial charge on any atom is -0.439 e. The number of ether oxygens (including phenoxy) is 1. The summed E-state index contributed by atoms with van der Waals surface area (Å²) in [6.45, 7) is 2.18. The van der Waals surface area contributed by atoms with E-state index in [1.807, 2.05) is 13.0 Å². The zero-order valence-electron chi connectivity index (χ0n) is 19.7. The number of fused-ring (bicyclic) bond motifs is 3. The first kappa shape index (κ1) is 23.5. The third-order valence-electron chi connectivity index (χ3n) is 6.64. The number of benzene rings is 2. The summed E-state index contributed by atoms with van der Waals surface area (Å²) in [4.78, 5) is 46.2. The first-order valence-corrected chi connectivity index (χ1v) is 11.7. The summed E-state index contributed by atoms with van der Waals surface area (Å²) in [6, 6.07) is 16.3. The van der Waals surface area contributed by atoms with Gasteiger partial charge in [0.05, 0.1) is 11.3 Å². The van der Waals surface area contributed by atoms with Gasteiger partial charge in [-0.1, -0.05) is 24.3 Å². The molecule has 3 amide bonds. The topological polar surface area (TPSA) is 91.8 Å². The third-order valence-corrected chi connectivity index (χ3v) is 6.64. The molecule has 2 aromatic carbocycles. The number of hydrogen-bond acceptors (Lipinski definition) is 5. The van der Waals surface area contributed by atoms with Crippen molar-refractivity contribution in [3.8, 4) is 11.6 Å². The third kappa shape index (κ3) is 4.28. The van der Waals surface area contributed by atoms with Gasteiger partial charge < -0.3 is 15.0 Å². The lowest BCUT2D eigenvalue weighted by Gasteiger charge is -2.48. The fourth-order valence-electron chi connectivity index (χ4n) is 4.83. The van der Waals surface area contributed by atoms with Crippen molar-refractivity contribution in [2.75, 3.05) is 11.4 Å². The highest BCUT2D eigenvalue weighted by Gasteiger charge is 2.52. The van der Waals surface area contributed by atoms with Gasteiger partial charge in [-0.2, -0.15) is 0 Å². The molecule has 2 aliphatic rings. The Labute approximate surface area is 207 Å². The summed E-state index contributed by atoms with van der Waals surface area (Å²) >= 11 is 0. The number of anilines is 1. The van der Waals surface area contributed by atoms with E-state index in [1.165, 1.54) is 18.2 Å². The number of carbonyl (C=O) groups is 3. The number of carbonyl (C=O) groups excluding carboxylic acids is 3. The largest absolute Gasteiger partial charge is 0.439 e. The van der Waals surface area contributed by atoms with Gasteiger partial charge in [0.15, 0.2) is 0 Å². The zero-order chi connectivity index (χ0) is 25.3. The molecule has 1 saturated heterocycles. The van der Waals surface area contributed by atoms with Crippen molar-refractivity contribution in [3.63, 3.8) is 0 Å². The number of rotatable bonds is 7. The molecule has 0 spiro atoms. The van der Waals surface area contributed by atoms with Crippen molar-refractivity contribution in [1.29, 1.82) is 0 Å². The average molecular weight is 489 g/mol. The molecule has 1 unspecified atom stereocenters. The number of halogens is 1. The Kier molecular flexibility index (Phi) is 6.13. The first-order chi connectivity index (χ1) is 17.4. The number of nitrogens with one attached hydrogen (secondary N) is 1. The van der Waals surface area contributed by atoms with E-state index in [9.17, 15) is 18.8 Å². The van der Waals surface area contributed by atoms with Crippen LogP contribution in [0, 0.1) is 5.82 Å². The summed E-state index contributed by atoms with van der Waals surface area (Å²) in [6.07, 6.45) is 2.46. The standard InChI is InChI=1S/C27H25FN4O4/c1-27-13-11-24(34)32(27)22-10-3-2-9-21(22)26(35)31(27)15-12-23(33)30-17-18-6-5-14-29-25(18)36-20-8-4-7-19(28)16-20/h2-10,14,16H,11-13,15,17H2,1H3,(H,30,33). The highest BCUT2D eigenvalue weighted by Crippen LogP contribution is 2.43. The number of pyridine rings is 1. The molecule has 0 saturated carbocycles. The van der Waals surface area contributed by atoms with Crippen molar-refractivity contribution < 1.29 is 23.5 Å². The summed E-state index contributed by atoms with van der Waals surface area (Å²) in [5.74, 6) is -0.349. The van der Waals surface area contributed by atoms with Gasteiger partial charge in [-0.3, -0.25) is 19.3 Å². The molecular weight excluding hydrogens is 463 g/mol. The monoisotopic (exact) mass is 488 g/mol. The van der Waals surface area contributed by atoms with Crippen LogP contribution in [0.2, 0.25) is 0 Å². The summed E-state index contributed by atoms with van der Waals surface area (Å²) < 4.78 is 19.2. The molecule has 5 rings (SSSR count). The number of nitrogens with zero attached hydrogens (tertiary/aromatic N) is 3. The van der Waals surface area contributed by atoms with Crippen LogP contribution >= 0.6 is 0 Å². The first-order valence-electron chi connectivity index (χ1n) is 11.7. The fourth-order valence-corrected chi connectivity index (χ4v) is 4.83. The predicted molar refractivity (Wildman–Crippen MR) is 130 cm³/mol. The quantitative estimate of drug-likeness (QED) is 0.543. The minimum atomic E-state index is -0.807. The molecule has 3 heterocycles. The Balaban J connectivity index is 1.25. The van der Waals surface area contributed by atoms with Gasteiger partial charge in [-0.05, 0) is 43.7 Å². The molecule has 0 radical (unpaired) electrons. The van der Waals surface area contributed by atoms with Gasteiger partial charge in [0.1, 0.15) is 17.2 Å². The number of hydrogen-bond donors (Lipinski definition) is 1. The summed E-state index contributed by atoms with van der Waals surface area (Å²) in [7, 11) is 0. The van der Waals surface area contributed by atoms with E-state index >= 15 is 0 Å². The Hall–Kier alpha value is -4.27. The molecule has 0 bridgehead atoms. The van der Waals surface area contributed by atoms with Crippen LogP contribution in [0.5, 0.6) is 11.6 Å². The van der Waals surface area contributed by atoms with Crippen molar-refractivity contribution in [1.82, 2.24) is 15.2 Å². The summed E-state index contributed by atoms with van der Waals surface area (Å²) in [5.41, 5.74) is 0.895. The van der Waals surface area contributed by atoms with Crippen molar-refractivity contribution >= 4 is 23.4 Å². The summed E-state index contributed by atoms with van der Waals surface area (Å²) in [5, 5.41) is 2.84. The lowest BCUT2D eigenvalue weighted by molar-refractivity contribution is -0.121. The Bertz CT molecular complexity index is 1350. The van der Waals surface area contributed by atoms with Crippen LogP contribution < -0.4 is 15.0 Å². The van der Waals surface area contributed by atoms with Crippen LogP contribution in [0.15, 0.2) is 66.9 Å². The second-order valence-corrected chi connectivity index (χ2v) is 8.97. The smallest absolute Gasteiger partial charge is 0.257 e. The minimum absolute atomic E-state index is 0.0331. The van der Waals surface area contributed by atoms with Crippen molar-refractivity contribution in [2.24, 2.45) is 0 Å². The van der Waals surface area contributed by atoms with Gasteiger partial charge in [0.25, 0.3) is 5.91 Å². The van der Waals surface area contributed by atoms with Gasteiger partial charge in [-0.15, -0.1) is 0 Å². The molecule has 8 nitrogen and oxygen atoms in total. The maximum atomic E-state index is 13.5. The molecule has 1 N–H and O–H groups in total. The van der Waals surface area contributed by atoms with Crippen LogP contribution in [0.1, 0.15) is 42.1 Å². The molecule has 184 valence electrons. The lowest BCUT2D eigenvalue weighted by Crippen LogP contribution is -2.62. The van der Waals surface area contributed by atoms with E-state index in [-0.39, 0.29) is 43.1 Å². The normalized spacial score (nSPS) is 18.6. The molecule has 1 fully saturated rings. The maximum Gasteiger partial charge on any atom is 0.257 e. The zero-order valence-corrected chi connectivity index (χ0v) is 19.7. The second-order valence-electron chi connectivity index (χ2n) is 8.97. The Morgan fingerprint density at radius 3 is 2.81 bits per heavy atom. The molecule has 2 aliphatic heterocycles. The molecule has 1 atom stereocenters. The van der Waals surface area contributed by atoms with Gasteiger partial charge in [0.2, 0.25) is 17.7 Å². The lowest BCUT2D eigenvalue weighted by atomic mass is 9.98. The number of aromatic nitrogens is 1. The van der Waals surface area contributed by atoms with Crippen LogP contribution in [-0.4, -0.2) is 39.8 Å². The van der Waals surface area contributed by atoms with Crippen LogP contribution in [0.4, 0.5) is 10.1 Å². The maximum absolute atomic E-state index is 13.5. The van der Waals surface area contributed by atoms with Gasteiger partial charge in [0, 0.05) is 43.8 Å². The van der Waals surface area contributed by atoms with E-state index in [0.717, 1.165) is 0 Å². The van der Waals surface area contributed by atoms with Crippen molar-refractivity contribution in [3.05, 3.63) is 83.8 Å². The molecular formula is C27H25FN4O4. The predicted octanol–water partition coefficient (Wildman–Crippen LogP) is 4.02. The Morgan fingerprint density at radius 1 is 1.14 bits per heavy atom. The molecule has 0 aliphatic carbocycles. The number of amides is 3. The molecule has 9 heteroatoms. The van der Waals surface area contributed by atoms with E-state index < -0.39 is 11.5 Å². The number of para-hydroxylation sites is 1.